The van der Waals surface area contributed by atoms with Gasteiger partial charge in [-0.1, -0.05) is 42.5 Å². The van der Waals surface area contributed by atoms with E-state index in [4.69, 9.17) is 0 Å². The lowest BCUT2D eigenvalue weighted by molar-refractivity contribution is 0.102. The first-order valence-corrected chi connectivity index (χ1v) is 8.64. The Kier molecular flexibility index (Phi) is 4.63. The predicted molar refractivity (Wildman–Crippen MR) is 104 cm³/mol. The molecule has 0 aliphatic rings. The van der Waals surface area contributed by atoms with E-state index in [9.17, 15) is 9.18 Å². The SMILES string of the molecule is Cc1ccccc1C(=O)Nc1nc(-c2cccc(F)n2)nn1-c1ccccc1. The van der Waals surface area contributed by atoms with Gasteiger partial charge in [-0.05, 0) is 42.8 Å². The van der Waals surface area contributed by atoms with Crippen LogP contribution in [-0.2, 0) is 0 Å². The largest absolute Gasteiger partial charge is 0.290 e. The molecule has 0 spiro atoms. The number of aromatic nitrogens is 4. The van der Waals surface area contributed by atoms with Crippen molar-refractivity contribution in [2.45, 2.75) is 6.92 Å². The number of carbonyl (C=O) groups excluding carboxylic acids is 1. The molecular weight excluding hydrogens is 357 g/mol. The third-order valence-corrected chi connectivity index (χ3v) is 4.17. The molecule has 28 heavy (non-hydrogen) atoms. The maximum absolute atomic E-state index is 13.5. The van der Waals surface area contributed by atoms with Gasteiger partial charge < -0.3 is 0 Å². The summed E-state index contributed by atoms with van der Waals surface area (Å²) in [4.78, 5) is 21.0. The van der Waals surface area contributed by atoms with E-state index in [-0.39, 0.29) is 23.4 Å². The van der Waals surface area contributed by atoms with Crippen molar-refractivity contribution in [1.82, 2.24) is 19.7 Å². The van der Waals surface area contributed by atoms with Gasteiger partial charge in [0.25, 0.3) is 5.91 Å². The van der Waals surface area contributed by atoms with Gasteiger partial charge in [0, 0.05) is 5.56 Å². The van der Waals surface area contributed by atoms with Crippen LogP contribution in [0.1, 0.15) is 15.9 Å². The number of pyridine rings is 1. The highest BCUT2D eigenvalue weighted by Gasteiger charge is 2.18. The summed E-state index contributed by atoms with van der Waals surface area (Å²) in [6.45, 7) is 1.86. The molecule has 0 bridgehead atoms. The Morgan fingerprint density at radius 3 is 2.43 bits per heavy atom. The van der Waals surface area contributed by atoms with Crippen molar-refractivity contribution >= 4 is 11.9 Å². The predicted octanol–water partition coefficient (Wildman–Crippen LogP) is 4.03. The van der Waals surface area contributed by atoms with Crippen molar-refractivity contribution in [3.8, 4) is 17.2 Å². The summed E-state index contributed by atoms with van der Waals surface area (Å²) in [6, 6.07) is 20.9. The monoisotopic (exact) mass is 373 g/mol. The molecule has 7 heteroatoms. The number of para-hydroxylation sites is 1. The molecule has 0 radical (unpaired) electrons. The number of anilines is 1. The molecule has 1 N–H and O–H groups in total. The number of aryl methyl sites for hydroxylation is 1. The van der Waals surface area contributed by atoms with E-state index in [1.807, 2.05) is 49.4 Å². The summed E-state index contributed by atoms with van der Waals surface area (Å²) in [5, 5.41) is 7.22. The second kappa shape index (κ2) is 7.40. The summed E-state index contributed by atoms with van der Waals surface area (Å²) in [7, 11) is 0. The number of benzene rings is 2. The zero-order valence-electron chi connectivity index (χ0n) is 15.0. The second-order valence-corrected chi connectivity index (χ2v) is 6.12. The van der Waals surface area contributed by atoms with Crippen LogP contribution in [0, 0.1) is 12.9 Å². The second-order valence-electron chi connectivity index (χ2n) is 6.12. The van der Waals surface area contributed by atoms with Gasteiger partial charge in [-0.25, -0.2) is 4.98 Å². The summed E-state index contributed by atoms with van der Waals surface area (Å²) < 4.78 is 15.0. The lowest BCUT2D eigenvalue weighted by Gasteiger charge is -2.08. The summed E-state index contributed by atoms with van der Waals surface area (Å²) in [5.74, 6) is -0.496. The van der Waals surface area contributed by atoms with Gasteiger partial charge in [-0.2, -0.15) is 14.1 Å². The normalized spacial score (nSPS) is 10.6. The van der Waals surface area contributed by atoms with Crippen molar-refractivity contribution in [2.24, 2.45) is 0 Å². The Morgan fingerprint density at radius 1 is 0.929 bits per heavy atom. The van der Waals surface area contributed by atoms with E-state index in [0.717, 1.165) is 5.56 Å². The van der Waals surface area contributed by atoms with E-state index in [1.54, 1.807) is 18.2 Å². The number of carbonyl (C=O) groups is 1. The fraction of sp³-hybridized carbons (Fsp3) is 0.0476. The van der Waals surface area contributed by atoms with Crippen LogP contribution in [0.3, 0.4) is 0 Å². The third kappa shape index (κ3) is 3.50. The maximum atomic E-state index is 13.5. The standard InChI is InChI=1S/C21H16FN5O/c1-14-8-5-6-11-16(14)20(28)25-21-24-19(17-12-7-13-18(22)23-17)26-27(21)15-9-3-2-4-10-15/h2-13H,1H3,(H,24,25,26,28). The fourth-order valence-electron chi connectivity index (χ4n) is 2.78. The first-order chi connectivity index (χ1) is 13.6. The molecular formula is C21H16FN5O. The average Bonchev–Trinajstić information content (AvgIpc) is 3.13. The van der Waals surface area contributed by atoms with Crippen molar-refractivity contribution in [3.05, 3.63) is 89.9 Å². The van der Waals surface area contributed by atoms with Crippen molar-refractivity contribution in [3.63, 3.8) is 0 Å². The minimum absolute atomic E-state index is 0.212. The van der Waals surface area contributed by atoms with Crippen LogP contribution in [0.15, 0.2) is 72.8 Å². The van der Waals surface area contributed by atoms with E-state index in [2.05, 4.69) is 20.4 Å². The Morgan fingerprint density at radius 2 is 1.68 bits per heavy atom. The molecule has 0 fully saturated rings. The molecule has 4 aromatic rings. The van der Waals surface area contributed by atoms with Crippen LogP contribution < -0.4 is 5.32 Å². The highest BCUT2D eigenvalue weighted by Crippen LogP contribution is 2.21. The topological polar surface area (TPSA) is 72.7 Å². The Balaban J connectivity index is 1.77. The number of hydrogen-bond donors (Lipinski definition) is 1. The smallest absolute Gasteiger partial charge is 0.258 e. The molecule has 6 nitrogen and oxygen atoms in total. The number of amides is 1. The van der Waals surface area contributed by atoms with Crippen molar-refractivity contribution in [1.29, 1.82) is 0 Å². The first kappa shape index (κ1) is 17.5. The number of nitrogens with zero attached hydrogens (tertiary/aromatic N) is 4. The van der Waals surface area contributed by atoms with Gasteiger partial charge >= 0.3 is 0 Å². The molecule has 0 saturated carbocycles. The van der Waals surface area contributed by atoms with E-state index < -0.39 is 5.95 Å². The Labute approximate surface area is 160 Å². The highest BCUT2D eigenvalue weighted by molar-refractivity contribution is 6.04. The van der Waals surface area contributed by atoms with Crippen molar-refractivity contribution in [2.75, 3.05) is 5.32 Å². The molecule has 138 valence electrons. The first-order valence-electron chi connectivity index (χ1n) is 8.64. The van der Waals surface area contributed by atoms with Crippen LogP contribution in [0.5, 0.6) is 0 Å². The van der Waals surface area contributed by atoms with E-state index >= 15 is 0 Å². The van der Waals surface area contributed by atoms with E-state index in [0.29, 0.717) is 11.3 Å². The highest BCUT2D eigenvalue weighted by atomic mass is 19.1. The molecule has 0 aliphatic carbocycles. The van der Waals surface area contributed by atoms with Gasteiger partial charge in [-0.3, -0.25) is 10.1 Å². The van der Waals surface area contributed by atoms with Crippen LogP contribution in [0.2, 0.25) is 0 Å². The molecule has 0 unspecified atom stereocenters. The zero-order chi connectivity index (χ0) is 19.5. The van der Waals surface area contributed by atoms with Crippen LogP contribution in [0.4, 0.5) is 10.3 Å². The number of halogens is 1. The molecule has 2 aromatic carbocycles. The molecule has 4 rings (SSSR count). The molecule has 1 amide bonds. The molecule has 0 aliphatic heterocycles. The number of hydrogen-bond acceptors (Lipinski definition) is 4. The number of nitrogens with one attached hydrogen (secondary N) is 1. The minimum atomic E-state index is -0.626. The lowest BCUT2D eigenvalue weighted by atomic mass is 10.1. The fourth-order valence-corrected chi connectivity index (χ4v) is 2.78. The number of rotatable bonds is 4. The summed E-state index contributed by atoms with van der Waals surface area (Å²) >= 11 is 0. The van der Waals surface area contributed by atoms with Gasteiger partial charge in [-0.15, -0.1) is 5.10 Å². The third-order valence-electron chi connectivity index (χ3n) is 4.17. The van der Waals surface area contributed by atoms with Gasteiger partial charge in [0.15, 0.2) is 0 Å². The van der Waals surface area contributed by atoms with Gasteiger partial charge in [0.05, 0.1) is 5.69 Å². The van der Waals surface area contributed by atoms with Gasteiger partial charge in [0.2, 0.25) is 17.7 Å². The summed E-state index contributed by atoms with van der Waals surface area (Å²) in [5.41, 5.74) is 2.37. The molecule has 2 aromatic heterocycles. The van der Waals surface area contributed by atoms with Crippen LogP contribution >= 0.6 is 0 Å². The Hall–Kier alpha value is -3.87. The lowest BCUT2D eigenvalue weighted by Crippen LogP contribution is -2.16. The molecule has 2 heterocycles. The quantitative estimate of drug-likeness (QED) is 0.548. The van der Waals surface area contributed by atoms with Gasteiger partial charge in [0.1, 0.15) is 5.69 Å². The van der Waals surface area contributed by atoms with Crippen LogP contribution in [-0.4, -0.2) is 25.7 Å². The molecule has 0 atom stereocenters. The average molecular weight is 373 g/mol. The van der Waals surface area contributed by atoms with E-state index in [1.165, 1.54) is 16.8 Å². The Bertz CT molecular complexity index is 1140. The van der Waals surface area contributed by atoms with Crippen molar-refractivity contribution < 1.29 is 9.18 Å². The van der Waals surface area contributed by atoms with Crippen LogP contribution in [0.25, 0.3) is 17.2 Å². The zero-order valence-corrected chi connectivity index (χ0v) is 15.0. The summed E-state index contributed by atoms with van der Waals surface area (Å²) in [6.07, 6.45) is 0. The maximum Gasteiger partial charge on any atom is 0.258 e. The molecule has 0 saturated heterocycles. The minimum Gasteiger partial charge on any atom is -0.290 e.